The number of ether oxygens (including phenoxy) is 2. The highest BCUT2D eigenvalue weighted by Gasteiger charge is 2.23. The molecule has 0 fully saturated rings. The largest absolute Gasteiger partial charge is 0.481 e. The number of rotatable bonds is 7. The highest BCUT2D eigenvalue weighted by atomic mass is 16.6. The summed E-state index contributed by atoms with van der Waals surface area (Å²) in [6.45, 7) is 11.4. The standard InChI is InChI=1S/C17H29N3O3/c1-13(2)20(16(21)23-17(3,4)5)11-10-18-12-14-8-7-9-15(19-14)22-6/h7-9,13,18H,10-12H2,1-6H3. The first-order chi connectivity index (χ1) is 10.7. The van der Waals surface area contributed by atoms with Crippen molar-refractivity contribution >= 4 is 6.09 Å². The zero-order chi connectivity index (χ0) is 17.5. The highest BCUT2D eigenvalue weighted by molar-refractivity contribution is 5.68. The molecule has 1 N–H and O–H groups in total. The monoisotopic (exact) mass is 323 g/mol. The number of aromatic nitrogens is 1. The van der Waals surface area contributed by atoms with Gasteiger partial charge in [-0.1, -0.05) is 6.07 Å². The summed E-state index contributed by atoms with van der Waals surface area (Å²) in [5.74, 6) is 0.599. The minimum absolute atomic E-state index is 0.0848. The number of carbonyl (C=O) groups is 1. The molecule has 0 aromatic carbocycles. The Bertz CT molecular complexity index is 498. The third-order valence-corrected chi connectivity index (χ3v) is 3.08. The predicted octanol–water partition coefficient (Wildman–Crippen LogP) is 2.83. The maximum absolute atomic E-state index is 12.2. The lowest BCUT2D eigenvalue weighted by Gasteiger charge is -2.30. The molecular formula is C17H29N3O3. The molecule has 0 saturated heterocycles. The Kier molecular flexibility index (Phi) is 7.29. The molecular weight excluding hydrogens is 294 g/mol. The second-order valence-electron chi connectivity index (χ2n) is 6.62. The molecule has 0 radical (unpaired) electrons. The lowest BCUT2D eigenvalue weighted by atomic mass is 10.2. The van der Waals surface area contributed by atoms with Crippen LogP contribution >= 0.6 is 0 Å². The van der Waals surface area contributed by atoms with Gasteiger partial charge in [0.2, 0.25) is 5.88 Å². The number of carbonyl (C=O) groups excluding carboxylic acids is 1. The fraction of sp³-hybridized carbons (Fsp3) is 0.647. The van der Waals surface area contributed by atoms with Crippen LogP contribution in [0.25, 0.3) is 0 Å². The molecule has 1 rings (SSSR count). The molecule has 0 aliphatic carbocycles. The molecule has 1 aromatic rings. The summed E-state index contributed by atoms with van der Waals surface area (Å²) >= 11 is 0. The normalized spacial score (nSPS) is 11.4. The maximum atomic E-state index is 12.2. The molecule has 0 saturated carbocycles. The van der Waals surface area contributed by atoms with Crippen LogP contribution in [0.15, 0.2) is 18.2 Å². The minimum Gasteiger partial charge on any atom is -0.481 e. The zero-order valence-electron chi connectivity index (χ0n) is 15.0. The average molecular weight is 323 g/mol. The highest BCUT2D eigenvalue weighted by Crippen LogP contribution is 2.11. The molecule has 1 amide bonds. The molecule has 0 aliphatic heterocycles. The molecule has 0 bridgehead atoms. The molecule has 23 heavy (non-hydrogen) atoms. The van der Waals surface area contributed by atoms with Crippen molar-refractivity contribution in [2.45, 2.75) is 52.8 Å². The van der Waals surface area contributed by atoms with E-state index < -0.39 is 5.60 Å². The first-order valence-electron chi connectivity index (χ1n) is 7.93. The Morgan fingerprint density at radius 3 is 2.61 bits per heavy atom. The van der Waals surface area contributed by atoms with E-state index in [1.807, 2.05) is 52.8 Å². The Morgan fingerprint density at radius 1 is 1.35 bits per heavy atom. The third kappa shape index (κ3) is 7.32. The van der Waals surface area contributed by atoms with Crippen LogP contribution < -0.4 is 10.1 Å². The topological polar surface area (TPSA) is 63.7 Å². The van der Waals surface area contributed by atoms with Gasteiger partial charge in [-0.25, -0.2) is 9.78 Å². The van der Waals surface area contributed by atoms with Gasteiger partial charge in [-0.3, -0.25) is 0 Å². The van der Waals surface area contributed by atoms with Gasteiger partial charge in [-0.2, -0.15) is 0 Å². The molecule has 0 aliphatic rings. The molecule has 0 spiro atoms. The van der Waals surface area contributed by atoms with E-state index in [-0.39, 0.29) is 12.1 Å². The van der Waals surface area contributed by atoms with Gasteiger partial charge in [0.05, 0.1) is 12.8 Å². The number of hydrogen-bond acceptors (Lipinski definition) is 5. The molecule has 0 unspecified atom stereocenters. The minimum atomic E-state index is -0.484. The van der Waals surface area contributed by atoms with E-state index in [2.05, 4.69) is 10.3 Å². The van der Waals surface area contributed by atoms with Gasteiger partial charge in [-0.05, 0) is 40.7 Å². The van der Waals surface area contributed by atoms with Gasteiger partial charge in [-0.15, -0.1) is 0 Å². The number of methoxy groups -OCH3 is 1. The molecule has 1 aromatic heterocycles. The van der Waals surface area contributed by atoms with Crippen molar-refractivity contribution < 1.29 is 14.3 Å². The second kappa shape index (κ2) is 8.72. The SMILES string of the molecule is COc1cccc(CNCCN(C(=O)OC(C)(C)C)C(C)C)n1. The molecule has 130 valence electrons. The van der Waals surface area contributed by atoms with E-state index in [9.17, 15) is 4.79 Å². The van der Waals surface area contributed by atoms with Gasteiger partial charge >= 0.3 is 6.09 Å². The van der Waals surface area contributed by atoms with Crippen molar-refractivity contribution in [1.29, 1.82) is 0 Å². The number of nitrogens with zero attached hydrogens (tertiary/aromatic N) is 2. The fourth-order valence-corrected chi connectivity index (χ4v) is 1.97. The Balaban J connectivity index is 2.45. The third-order valence-electron chi connectivity index (χ3n) is 3.08. The summed E-state index contributed by atoms with van der Waals surface area (Å²) in [7, 11) is 1.60. The summed E-state index contributed by atoms with van der Waals surface area (Å²) in [6.07, 6.45) is -0.284. The van der Waals surface area contributed by atoms with Crippen molar-refractivity contribution in [3.8, 4) is 5.88 Å². The number of amides is 1. The van der Waals surface area contributed by atoms with E-state index in [0.29, 0.717) is 25.5 Å². The summed E-state index contributed by atoms with van der Waals surface area (Å²) in [4.78, 5) is 18.3. The van der Waals surface area contributed by atoms with Crippen LogP contribution in [0.3, 0.4) is 0 Å². The van der Waals surface area contributed by atoms with Crippen LogP contribution in [0.1, 0.15) is 40.3 Å². The molecule has 6 nitrogen and oxygen atoms in total. The Hall–Kier alpha value is -1.82. The van der Waals surface area contributed by atoms with Gasteiger partial charge in [0.15, 0.2) is 0 Å². The quantitative estimate of drug-likeness (QED) is 0.782. The van der Waals surface area contributed by atoms with Gasteiger partial charge < -0.3 is 19.7 Å². The van der Waals surface area contributed by atoms with Gasteiger partial charge in [0, 0.05) is 31.7 Å². The lowest BCUT2D eigenvalue weighted by Crippen LogP contribution is -2.44. The summed E-state index contributed by atoms with van der Waals surface area (Å²) < 4.78 is 10.5. The molecule has 0 atom stereocenters. The lowest BCUT2D eigenvalue weighted by molar-refractivity contribution is 0.0193. The van der Waals surface area contributed by atoms with Crippen LogP contribution in [0.2, 0.25) is 0 Å². The van der Waals surface area contributed by atoms with Gasteiger partial charge in [0.1, 0.15) is 5.60 Å². The average Bonchev–Trinajstić information content (AvgIpc) is 2.45. The summed E-state index contributed by atoms with van der Waals surface area (Å²) in [6, 6.07) is 5.74. The van der Waals surface area contributed by atoms with E-state index >= 15 is 0 Å². The van der Waals surface area contributed by atoms with Crippen molar-refractivity contribution in [2.24, 2.45) is 0 Å². The smallest absolute Gasteiger partial charge is 0.410 e. The van der Waals surface area contributed by atoms with Crippen molar-refractivity contribution in [2.75, 3.05) is 20.2 Å². The second-order valence-corrected chi connectivity index (χ2v) is 6.62. The predicted molar refractivity (Wildman–Crippen MR) is 90.6 cm³/mol. The Morgan fingerprint density at radius 2 is 2.04 bits per heavy atom. The van der Waals surface area contributed by atoms with Crippen LogP contribution in [-0.4, -0.2) is 47.8 Å². The van der Waals surface area contributed by atoms with Gasteiger partial charge in [0.25, 0.3) is 0 Å². The van der Waals surface area contributed by atoms with E-state index in [1.54, 1.807) is 12.0 Å². The molecule has 6 heteroatoms. The summed E-state index contributed by atoms with van der Waals surface area (Å²) in [5.41, 5.74) is 0.417. The fourth-order valence-electron chi connectivity index (χ4n) is 1.97. The van der Waals surface area contributed by atoms with Crippen LogP contribution in [0, 0.1) is 0 Å². The van der Waals surface area contributed by atoms with Crippen LogP contribution in [0.4, 0.5) is 4.79 Å². The first kappa shape index (κ1) is 19.2. The number of hydrogen-bond donors (Lipinski definition) is 1. The van der Waals surface area contributed by atoms with Crippen molar-refractivity contribution in [1.82, 2.24) is 15.2 Å². The van der Waals surface area contributed by atoms with Crippen LogP contribution in [0.5, 0.6) is 5.88 Å². The Labute approximate surface area is 139 Å². The first-order valence-corrected chi connectivity index (χ1v) is 7.93. The summed E-state index contributed by atoms with van der Waals surface area (Å²) in [5, 5.41) is 3.29. The zero-order valence-corrected chi connectivity index (χ0v) is 15.0. The van der Waals surface area contributed by atoms with E-state index in [0.717, 1.165) is 5.69 Å². The van der Waals surface area contributed by atoms with Crippen molar-refractivity contribution in [3.05, 3.63) is 23.9 Å². The van der Waals surface area contributed by atoms with Crippen LogP contribution in [-0.2, 0) is 11.3 Å². The van der Waals surface area contributed by atoms with Crippen molar-refractivity contribution in [3.63, 3.8) is 0 Å². The number of nitrogens with one attached hydrogen (secondary N) is 1. The maximum Gasteiger partial charge on any atom is 0.410 e. The number of pyridine rings is 1. The van der Waals surface area contributed by atoms with E-state index in [1.165, 1.54) is 0 Å². The molecule has 1 heterocycles. The van der Waals surface area contributed by atoms with E-state index in [4.69, 9.17) is 9.47 Å².